The molecule has 2 aromatic rings. The second-order valence-electron chi connectivity index (χ2n) is 7.08. The average Bonchev–Trinajstić information content (AvgIpc) is 3.10. The Labute approximate surface area is 154 Å². The molecular weight excluding hydrogens is 324 g/mol. The molecule has 1 saturated heterocycles. The Bertz CT molecular complexity index is 805. The van der Waals surface area contributed by atoms with Crippen molar-refractivity contribution < 1.29 is 9.47 Å². The second-order valence-corrected chi connectivity index (χ2v) is 7.08. The van der Waals surface area contributed by atoms with E-state index >= 15 is 0 Å². The van der Waals surface area contributed by atoms with Gasteiger partial charge in [0.1, 0.15) is 18.2 Å². The van der Waals surface area contributed by atoms with Crippen LogP contribution in [0.4, 0.5) is 0 Å². The summed E-state index contributed by atoms with van der Waals surface area (Å²) in [6.07, 6.45) is 7.64. The number of fused-ring (bicyclic) bond motifs is 1. The van der Waals surface area contributed by atoms with E-state index in [9.17, 15) is 5.26 Å². The number of nitriles is 1. The largest absolute Gasteiger partial charge is 0.474 e. The van der Waals surface area contributed by atoms with E-state index in [2.05, 4.69) is 18.2 Å². The summed E-state index contributed by atoms with van der Waals surface area (Å²) in [5, 5.41) is 9.92. The Balaban J connectivity index is 1.78. The first-order valence-electron chi connectivity index (χ1n) is 9.62. The highest BCUT2D eigenvalue weighted by molar-refractivity contribution is 5.77. The van der Waals surface area contributed by atoms with Crippen molar-refractivity contribution in [2.45, 2.75) is 51.0 Å². The molecule has 2 aliphatic rings. The minimum absolute atomic E-state index is 0.113. The van der Waals surface area contributed by atoms with Gasteiger partial charge in [0, 0.05) is 17.9 Å². The molecule has 26 heavy (non-hydrogen) atoms. The second kappa shape index (κ2) is 7.88. The summed E-state index contributed by atoms with van der Waals surface area (Å²) in [6.45, 7) is 1.26. The van der Waals surface area contributed by atoms with Crippen molar-refractivity contribution in [2.24, 2.45) is 0 Å². The predicted molar refractivity (Wildman–Crippen MR) is 100 cm³/mol. The summed E-state index contributed by atoms with van der Waals surface area (Å²) in [7, 11) is 0. The quantitative estimate of drug-likeness (QED) is 0.766. The van der Waals surface area contributed by atoms with E-state index in [0.717, 1.165) is 62.0 Å². The maximum atomic E-state index is 9.92. The van der Waals surface area contributed by atoms with E-state index in [-0.39, 0.29) is 6.10 Å². The molecule has 0 bridgehead atoms. The fraction of sp³-hybridized carbons (Fsp3) is 0.455. The SMILES string of the molecule is N#Cc1c(OCC2CCCO2)nc2c(c1-c1ccccc1)CCCCC2. The summed E-state index contributed by atoms with van der Waals surface area (Å²) >= 11 is 0. The van der Waals surface area contributed by atoms with Gasteiger partial charge in [-0.25, -0.2) is 4.98 Å². The van der Waals surface area contributed by atoms with Crippen LogP contribution in [0, 0.1) is 11.3 Å². The topological polar surface area (TPSA) is 55.1 Å². The normalized spacial score (nSPS) is 19.4. The third kappa shape index (κ3) is 3.45. The third-order valence-corrected chi connectivity index (χ3v) is 5.30. The highest BCUT2D eigenvalue weighted by Gasteiger charge is 2.24. The first-order chi connectivity index (χ1) is 12.9. The number of pyridine rings is 1. The Morgan fingerprint density at radius 3 is 2.73 bits per heavy atom. The number of rotatable bonds is 4. The zero-order valence-electron chi connectivity index (χ0n) is 15.0. The van der Waals surface area contributed by atoms with E-state index in [1.165, 1.54) is 12.0 Å². The highest BCUT2D eigenvalue weighted by Crippen LogP contribution is 2.37. The van der Waals surface area contributed by atoms with Crippen LogP contribution in [-0.2, 0) is 17.6 Å². The van der Waals surface area contributed by atoms with Gasteiger partial charge in [0.15, 0.2) is 0 Å². The van der Waals surface area contributed by atoms with E-state index in [1.54, 1.807) is 0 Å². The number of hydrogen-bond acceptors (Lipinski definition) is 4. The molecule has 0 amide bonds. The Morgan fingerprint density at radius 1 is 1.12 bits per heavy atom. The first-order valence-corrected chi connectivity index (χ1v) is 9.62. The molecule has 1 fully saturated rings. The molecule has 0 spiro atoms. The molecule has 1 aromatic heterocycles. The molecular formula is C22H24N2O2. The van der Waals surface area contributed by atoms with Crippen LogP contribution in [0.1, 0.15) is 48.9 Å². The lowest BCUT2D eigenvalue weighted by Gasteiger charge is -2.18. The lowest BCUT2D eigenvalue weighted by molar-refractivity contribution is 0.0661. The van der Waals surface area contributed by atoms with Gasteiger partial charge in [0.25, 0.3) is 0 Å². The van der Waals surface area contributed by atoms with Crippen LogP contribution in [0.3, 0.4) is 0 Å². The number of benzene rings is 1. The lowest BCUT2D eigenvalue weighted by Crippen LogP contribution is -2.18. The molecule has 4 rings (SSSR count). The molecule has 4 nitrogen and oxygen atoms in total. The van der Waals surface area contributed by atoms with Gasteiger partial charge >= 0.3 is 0 Å². The van der Waals surface area contributed by atoms with Crippen molar-refractivity contribution in [1.29, 1.82) is 5.26 Å². The van der Waals surface area contributed by atoms with Gasteiger partial charge < -0.3 is 9.47 Å². The zero-order chi connectivity index (χ0) is 17.8. The molecule has 134 valence electrons. The smallest absolute Gasteiger partial charge is 0.232 e. The summed E-state index contributed by atoms with van der Waals surface area (Å²) in [5.41, 5.74) is 4.99. The Morgan fingerprint density at radius 2 is 1.96 bits per heavy atom. The molecule has 1 atom stereocenters. The van der Waals surface area contributed by atoms with Crippen molar-refractivity contribution in [3.8, 4) is 23.1 Å². The van der Waals surface area contributed by atoms with Gasteiger partial charge in [-0.15, -0.1) is 0 Å². The van der Waals surface area contributed by atoms with Crippen molar-refractivity contribution in [3.05, 3.63) is 47.2 Å². The zero-order valence-corrected chi connectivity index (χ0v) is 15.0. The maximum absolute atomic E-state index is 9.92. The Kier molecular flexibility index (Phi) is 5.17. The Hall–Kier alpha value is -2.38. The monoisotopic (exact) mass is 348 g/mol. The molecule has 0 saturated carbocycles. The average molecular weight is 348 g/mol. The molecule has 1 unspecified atom stereocenters. The molecule has 4 heteroatoms. The van der Waals surface area contributed by atoms with Crippen LogP contribution in [0.2, 0.25) is 0 Å². The van der Waals surface area contributed by atoms with E-state index in [4.69, 9.17) is 14.5 Å². The maximum Gasteiger partial charge on any atom is 0.232 e. The number of nitrogens with zero attached hydrogens (tertiary/aromatic N) is 2. The van der Waals surface area contributed by atoms with Gasteiger partial charge in [0.05, 0.1) is 6.10 Å². The molecule has 0 N–H and O–H groups in total. The minimum atomic E-state index is 0.113. The van der Waals surface area contributed by atoms with E-state index in [1.807, 2.05) is 18.2 Å². The van der Waals surface area contributed by atoms with Crippen LogP contribution in [0.5, 0.6) is 5.88 Å². The van der Waals surface area contributed by atoms with Gasteiger partial charge in [-0.1, -0.05) is 36.8 Å². The van der Waals surface area contributed by atoms with Crippen molar-refractivity contribution >= 4 is 0 Å². The minimum Gasteiger partial charge on any atom is -0.474 e. The number of aromatic nitrogens is 1. The summed E-state index contributed by atoms with van der Waals surface area (Å²) in [4.78, 5) is 4.79. The molecule has 1 aliphatic heterocycles. The number of ether oxygens (including phenoxy) is 2. The molecule has 2 heterocycles. The number of hydrogen-bond donors (Lipinski definition) is 0. The molecule has 1 aliphatic carbocycles. The first kappa shape index (κ1) is 17.1. The lowest BCUT2D eigenvalue weighted by atomic mass is 9.92. The van der Waals surface area contributed by atoms with Gasteiger partial charge in [-0.05, 0) is 49.7 Å². The summed E-state index contributed by atoms with van der Waals surface area (Å²) in [6, 6.07) is 12.6. The summed E-state index contributed by atoms with van der Waals surface area (Å²) < 4.78 is 11.7. The summed E-state index contributed by atoms with van der Waals surface area (Å²) in [5.74, 6) is 0.475. The van der Waals surface area contributed by atoms with E-state index in [0.29, 0.717) is 18.1 Å². The highest BCUT2D eigenvalue weighted by atomic mass is 16.5. The predicted octanol–water partition coefficient (Wildman–Crippen LogP) is 4.45. The van der Waals surface area contributed by atoms with Crippen molar-refractivity contribution in [2.75, 3.05) is 13.2 Å². The van der Waals surface area contributed by atoms with Crippen LogP contribution in [0.25, 0.3) is 11.1 Å². The van der Waals surface area contributed by atoms with Gasteiger partial charge in [0.2, 0.25) is 5.88 Å². The van der Waals surface area contributed by atoms with Gasteiger partial charge in [-0.3, -0.25) is 0 Å². The number of aryl methyl sites for hydroxylation is 1. The van der Waals surface area contributed by atoms with Crippen LogP contribution in [-0.4, -0.2) is 24.3 Å². The third-order valence-electron chi connectivity index (χ3n) is 5.30. The molecule has 1 aromatic carbocycles. The van der Waals surface area contributed by atoms with E-state index < -0.39 is 0 Å². The molecule has 0 radical (unpaired) electrons. The fourth-order valence-electron chi connectivity index (χ4n) is 3.97. The van der Waals surface area contributed by atoms with Crippen LogP contribution in [0.15, 0.2) is 30.3 Å². The van der Waals surface area contributed by atoms with Crippen LogP contribution < -0.4 is 4.74 Å². The standard InChI is InChI=1S/C22H24N2O2/c23-14-19-21(16-8-3-1-4-9-16)18-11-5-2-6-12-20(18)24-22(19)26-15-17-10-7-13-25-17/h1,3-4,8-9,17H,2,5-7,10-13,15H2. The van der Waals surface area contributed by atoms with Crippen molar-refractivity contribution in [1.82, 2.24) is 4.98 Å². The van der Waals surface area contributed by atoms with Crippen molar-refractivity contribution in [3.63, 3.8) is 0 Å². The fourth-order valence-corrected chi connectivity index (χ4v) is 3.97. The van der Waals surface area contributed by atoms with Gasteiger partial charge in [-0.2, -0.15) is 5.26 Å². The van der Waals surface area contributed by atoms with Crippen LogP contribution >= 0.6 is 0 Å².